The zero-order chi connectivity index (χ0) is 8.27. The van der Waals surface area contributed by atoms with Crippen LogP contribution in [0.2, 0.25) is 0 Å². The summed E-state index contributed by atoms with van der Waals surface area (Å²) in [6.07, 6.45) is 1.21. The fourth-order valence-electron chi connectivity index (χ4n) is 0.649. The van der Waals surface area contributed by atoms with Crippen LogP contribution in [0.5, 0.6) is 0 Å². The monoisotopic (exact) mass is 175 g/mol. The first-order chi connectivity index (χ1) is 5.18. The van der Waals surface area contributed by atoms with E-state index in [1.54, 1.807) is 0 Å². The Morgan fingerprint density at radius 1 is 1.45 bits per heavy atom. The number of aromatic nitrogens is 1. The van der Waals surface area contributed by atoms with E-state index in [0.29, 0.717) is 5.56 Å². The molecule has 0 fully saturated rings. The normalized spacial score (nSPS) is 10.4. The summed E-state index contributed by atoms with van der Waals surface area (Å²) < 4.78 is 32.5. The van der Waals surface area contributed by atoms with Crippen LogP contribution in [0.3, 0.4) is 0 Å². The van der Waals surface area contributed by atoms with E-state index in [4.69, 9.17) is 0 Å². The van der Waals surface area contributed by atoms with Crippen LogP contribution in [0, 0.1) is 5.95 Å². The molecule has 0 unspecified atom stereocenters. The maximum Gasteiger partial charge on any atom is 0.212 e. The summed E-state index contributed by atoms with van der Waals surface area (Å²) in [6, 6.07) is 2.53. The Morgan fingerprint density at radius 3 is 2.64 bits per heavy atom. The Labute approximate surface area is 64.8 Å². The number of pyridine rings is 1. The molecule has 5 heteroatoms. The second-order valence-electron chi connectivity index (χ2n) is 1.98. The Balaban J connectivity index is 2.82. The predicted octanol–water partition coefficient (Wildman–Crippen LogP) is 0.332. The van der Waals surface area contributed by atoms with Crippen LogP contribution in [0.15, 0.2) is 18.3 Å². The fraction of sp³-hybridized carbons (Fsp3) is 0.167. The summed E-state index contributed by atoms with van der Waals surface area (Å²) in [5.41, 5.74) is 0.502. The molecule has 1 aromatic rings. The SMILES string of the molecule is O=[SH](=O)Cc1ccc(F)nc1. The molecule has 3 nitrogen and oxygen atoms in total. The molecule has 0 aliphatic rings. The average Bonchev–Trinajstić information content (AvgIpc) is 1.93. The summed E-state index contributed by atoms with van der Waals surface area (Å²) >= 11 is 0. The minimum Gasteiger partial charge on any atom is -0.232 e. The molecule has 11 heavy (non-hydrogen) atoms. The average molecular weight is 175 g/mol. The van der Waals surface area contributed by atoms with Gasteiger partial charge in [0.15, 0.2) is 0 Å². The third-order valence-electron chi connectivity index (χ3n) is 1.10. The molecule has 0 saturated carbocycles. The van der Waals surface area contributed by atoms with E-state index in [1.165, 1.54) is 12.3 Å². The summed E-state index contributed by atoms with van der Waals surface area (Å²) in [6.45, 7) is 0. The van der Waals surface area contributed by atoms with Gasteiger partial charge < -0.3 is 0 Å². The van der Waals surface area contributed by atoms with Crippen molar-refractivity contribution in [1.29, 1.82) is 0 Å². The zero-order valence-electron chi connectivity index (χ0n) is 5.53. The highest BCUT2D eigenvalue weighted by molar-refractivity contribution is 7.71. The summed E-state index contributed by atoms with van der Waals surface area (Å²) in [5.74, 6) is -0.683. The Kier molecular flexibility index (Phi) is 2.53. The van der Waals surface area contributed by atoms with Crippen molar-refractivity contribution in [3.05, 3.63) is 29.8 Å². The lowest BCUT2D eigenvalue weighted by Gasteiger charge is -1.91. The molecular formula is C6H6FNO2S. The highest BCUT2D eigenvalue weighted by atomic mass is 32.2. The molecule has 1 aromatic heterocycles. The highest BCUT2D eigenvalue weighted by Gasteiger charge is 1.94. The van der Waals surface area contributed by atoms with Crippen molar-refractivity contribution in [1.82, 2.24) is 4.98 Å². The molecule has 0 bridgehead atoms. The molecule has 0 aliphatic heterocycles. The standard InChI is InChI=1S/C6H6FNO2S/c7-6-2-1-5(3-8-6)4-11(9)10/h1-3,11H,4H2. The van der Waals surface area contributed by atoms with Gasteiger partial charge in [-0.3, -0.25) is 0 Å². The lowest BCUT2D eigenvalue weighted by atomic mass is 10.3. The van der Waals surface area contributed by atoms with Gasteiger partial charge in [-0.05, 0) is 11.6 Å². The first-order valence-electron chi connectivity index (χ1n) is 2.91. The first-order valence-corrected chi connectivity index (χ1v) is 4.27. The highest BCUT2D eigenvalue weighted by Crippen LogP contribution is 1.99. The molecule has 0 aliphatic carbocycles. The van der Waals surface area contributed by atoms with E-state index in [0.717, 1.165) is 6.07 Å². The van der Waals surface area contributed by atoms with Crippen molar-refractivity contribution in [2.45, 2.75) is 5.75 Å². The van der Waals surface area contributed by atoms with E-state index >= 15 is 0 Å². The van der Waals surface area contributed by atoms with Gasteiger partial charge in [-0.1, -0.05) is 6.07 Å². The number of hydrogen-bond acceptors (Lipinski definition) is 3. The van der Waals surface area contributed by atoms with Crippen molar-refractivity contribution in [2.75, 3.05) is 0 Å². The van der Waals surface area contributed by atoms with Crippen molar-refractivity contribution < 1.29 is 12.8 Å². The van der Waals surface area contributed by atoms with Gasteiger partial charge in [-0.2, -0.15) is 4.39 Å². The summed E-state index contributed by atoms with van der Waals surface area (Å²) in [7, 11) is -2.45. The molecule has 60 valence electrons. The van der Waals surface area contributed by atoms with E-state index in [1.807, 2.05) is 0 Å². The molecule has 0 spiro atoms. The van der Waals surface area contributed by atoms with Gasteiger partial charge in [-0.25, -0.2) is 13.4 Å². The van der Waals surface area contributed by atoms with E-state index in [9.17, 15) is 12.8 Å². The lowest BCUT2D eigenvalue weighted by molar-refractivity contribution is 0.582. The molecule has 0 atom stereocenters. The van der Waals surface area contributed by atoms with Gasteiger partial charge in [0, 0.05) is 6.20 Å². The van der Waals surface area contributed by atoms with Gasteiger partial charge in [0.1, 0.15) is 10.7 Å². The van der Waals surface area contributed by atoms with Gasteiger partial charge >= 0.3 is 0 Å². The quantitative estimate of drug-likeness (QED) is 0.520. The summed E-state index contributed by atoms with van der Waals surface area (Å²) in [5, 5.41) is 0. The fourth-order valence-corrected chi connectivity index (χ4v) is 1.13. The van der Waals surface area contributed by atoms with E-state index in [2.05, 4.69) is 4.98 Å². The van der Waals surface area contributed by atoms with E-state index in [-0.39, 0.29) is 5.75 Å². The summed E-state index contributed by atoms with van der Waals surface area (Å²) in [4.78, 5) is 3.30. The second-order valence-corrected chi connectivity index (χ2v) is 2.96. The Hall–Kier alpha value is -0.970. The molecular weight excluding hydrogens is 169 g/mol. The minimum absolute atomic E-state index is 0.0807. The van der Waals surface area contributed by atoms with Crippen LogP contribution < -0.4 is 0 Å². The van der Waals surface area contributed by atoms with Gasteiger partial charge in [0.25, 0.3) is 0 Å². The lowest BCUT2D eigenvalue weighted by Crippen LogP contribution is -1.89. The molecule has 0 saturated heterocycles. The topological polar surface area (TPSA) is 47.0 Å². The largest absolute Gasteiger partial charge is 0.232 e. The van der Waals surface area contributed by atoms with Crippen LogP contribution in [0.4, 0.5) is 4.39 Å². The van der Waals surface area contributed by atoms with Crippen molar-refractivity contribution in [3.8, 4) is 0 Å². The van der Waals surface area contributed by atoms with Gasteiger partial charge in [-0.15, -0.1) is 0 Å². The smallest absolute Gasteiger partial charge is 0.212 e. The van der Waals surface area contributed by atoms with Crippen molar-refractivity contribution in [2.24, 2.45) is 0 Å². The first kappa shape index (κ1) is 8.13. The van der Waals surface area contributed by atoms with Crippen LogP contribution in [-0.4, -0.2) is 13.4 Å². The Bertz CT molecular complexity index is 299. The maximum atomic E-state index is 12.2. The third kappa shape index (κ3) is 2.63. The van der Waals surface area contributed by atoms with Crippen LogP contribution in [0.1, 0.15) is 5.56 Å². The number of hydrogen-bond donors (Lipinski definition) is 1. The van der Waals surface area contributed by atoms with Crippen molar-refractivity contribution >= 4 is 10.7 Å². The third-order valence-corrected chi connectivity index (χ3v) is 1.72. The number of nitrogens with zero attached hydrogens (tertiary/aromatic N) is 1. The van der Waals surface area contributed by atoms with Crippen LogP contribution in [0.25, 0.3) is 0 Å². The number of halogens is 1. The molecule has 0 N–H and O–H groups in total. The molecule has 1 rings (SSSR count). The minimum atomic E-state index is -2.45. The van der Waals surface area contributed by atoms with Gasteiger partial charge in [0.05, 0.1) is 5.75 Å². The molecule has 0 amide bonds. The van der Waals surface area contributed by atoms with Crippen LogP contribution in [-0.2, 0) is 16.5 Å². The molecule has 0 aromatic carbocycles. The van der Waals surface area contributed by atoms with Crippen molar-refractivity contribution in [3.63, 3.8) is 0 Å². The zero-order valence-corrected chi connectivity index (χ0v) is 6.42. The number of rotatable bonds is 2. The Morgan fingerprint density at radius 2 is 2.18 bits per heavy atom. The number of thiol groups is 1. The molecule has 1 heterocycles. The molecule has 0 radical (unpaired) electrons. The maximum absolute atomic E-state index is 12.2. The van der Waals surface area contributed by atoms with Gasteiger partial charge in [0.2, 0.25) is 5.95 Å². The van der Waals surface area contributed by atoms with E-state index < -0.39 is 16.7 Å². The predicted molar refractivity (Wildman–Crippen MR) is 38.2 cm³/mol. The second kappa shape index (κ2) is 3.43. The van der Waals surface area contributed by atoms with Crippen LogP contribution >= 0.6 is 0 Å².